The van der Waals surface area contributed by atoms with Crippen LogP contribution in [-0.2, 0) is 6.42 Å². The van der Waals surface area contributed by atoms with E-state index in [1.165, 1.54) is 6.92 Å². The third-order valence-corrected chi connectivity index (χ3v) is 2.79. The first-order valence-corrected chi connectivity index (χ1v) is 6.02. The van der Waals surface area contributed by atoms with Gasteiger partial charge in [0, 0.05) is 24.2 Å². The van der Waals surface area contributed by atoms with Crippen LogP contribution >= 0.6 is 0 Å². The number of carbonyl (C=O) groups is 1. The molecule has 0 atom stereocenters. The molecule has 4 heteroatoms. The summed E-state index contributed by atoms with van der Waals surface area (Å²) in [6, 6.07) is 10.8. The second kappa shape index (κ2) is 5.87. The van der Waals surface area contributed by atoms with E-state index in [2.05, 4.69) is 11.4 Å². The Morgan fingerprint density at radius 1 is 1.42 bits per heavy atom. The lowest BCUT2D eigenvalue weighted by atomic mass is 10.1. The number of hydrogen-bond donors (Lipinski definition) is 1. The molecule has 19 heavy (non-hydrogen) atoms. The maximum absolute atomic E-state index is 11.5. The number of benzene rings is 1. The van der Waals surface area contributed by atoms with Gasteiger partial charge in [0.15, 0.2) is 5.78 Å². The Labute approximate surface area is 111 Å². The van der Waals surface area contributed by atoms with Crippen LogP contribution in [0.1, 0.15) is 28.6 Å². The zero-order valence-corrected chi connectivity index (χ0v) is 10.6. The van der Waals surface area contributed by atoms with E-state index in [9.17, 15) is 4.79 Å². The summed E-state index contributed by atoms with van der Waals surface area (Å²) in [5.74, 6) is 0.860. The van der Waals surface area contributed by atoms with Crippen molar-refractivity contribution in [1.82, 2.24) is 0 Å². The Balaban J connectivity index is 2.09. The fraction of sp³-hybridized carbons (Fsp3) is 0.200. The molecule has 0 radical (unpaired) electrons. The van der Waals surface area contributed by atoms with Crippen LogP contribution in [0.2, 0.25) is 0 Å². The van der Waals surface area contributed by atoms with Gasteiger partial charge in [-0.3, -0.25) is 4.79 Å². The largest absolute Gasteiger partial charge is 0.469 e. The monoisotopic (exact) mass is 254 g/mol. The van der Waals surface area contributed by atoms with E-state index in [0.29, 0.717) is 23.4 Å². The highest BCUT2D eigenvalue weighted by molar-refractivity contribution is 5.99. The molecule has 96 valence electrons. The highest BCUT2D eigenvalue weighted by Gasteiger charge is 2.08. The molecule has 4 nitrogen and oxygen atoms in total. The van der Waals surface area contributed by atoms with Gasteiger partial charge in [-0.2, -0.15) is 5.26 Å². The second-order valence-electron chi connectivity index (χ2n) is 4.18. The van der Waals surface area contributed by atoms with Gasteiger partial charge in [-0.15, -0.1) is 0 Å². The standard InChI is InChI=1S/C15H14N2O2/c1-11(18)14-5-4-12(10-16)9-15(14)17-7-6-13-3-2-8-19-13/h2-5,8-9,17H,6-7H2,1H3. The summed E-state index contributed by atoms with van der Waals surface area (Å²) < 4.78 is 5.23. The van der Waals surface area contributed by atoms with E-state index < -0.39 is 0 Å². The number of hydrogen-bond acceptors (Lipinski definition) is 4. The van der Waals surface area contributed by atoms with Gasteiger partial charge in [-0.1, -0.05) is 0 Å². The zero-order chi connectivity index (χ0) is 13.7. The molecule has 0 bridgehead atoms. The molecule has 0 aliphatic heterocycles. The SMILES string of the molecule is CC(=O)c1ccc(C#N)cc1NCCc1ccco1. The van der Waals surface area contributed by atoms with E-state index in [4.69, 9.17) is 9.68 Å². The molecule has 0 saturated heterocycles. The van der Waals surface area contributed by atoms with Gasteiger partial charge in [0.1, 0.15) is 5.76 Å². The molecular weight excluding hydrogens is 240 g/mol. The van der Waals surface area contributed by atoms with Crippen LogP contribution in [0.15, 0.2) is 41.0 Å². The Bertz CT molecular complexity index is 610. The number of Topliss-reactive ketones (excluding diaryl/α,β-unsaturated/α-hetero) is 1. The van der Waals surface area contributed by atoms with Crippen molar-refractivity contribution in [2.24, 2.45) is 0 Å². The molecular formula is C15H14N2O2. The molecule has 0 spiro atoms. The van der Waals surface area contributed by atoms with E-state index in [-0.39, 0.29) is 5.78 Å². The van der Waals surface area contributed by atoms with Crippen molar-refractivity contribution in [3.8, 4) is 6.07 Å². The highest BCUT2D eigenvalue weighted by atomic mass is 16.3. The average molecular weight is 254 g/mol. The molecule has 0 aliphatic carbocycles. The second-order valence-corrected chi connectivity index (χ2v) is 4.18. The van der Waals surface area contributed by atoms with Gasteiger partial charge >= 0.3 is 0 Å². The predicted octanol–water partition coefficient (Wildman–Crippen LogP) is 3.01. The van der Waals surface area contributed by atoms with Crippen LogP contribution in [-0.4, -0.2) is 12.3 Å². The van der Waals surface area contributed by atoms with E-state index in [1.54, 1.807) is 24.5 Å². The summed E-state index contributed by atoms with van der Waals surface area (Å²) >= 11 is 0. The Morgan fingerprint density at radius 3 is 2.89 bits per heavy atom. The molecule has 0 unspecified atom stereocenters. The quantitative estimate of drug-likeness (QED) is 0.833. The normalized spacial score (nSPS) is 9.89. The fourth-order valence-corrected chi connectivity index (χ4v) is 1.84. The van der Waals surface area contributed by atoms with Gasteiger partial charge < -0.3 is 9.73 Å². The Kier molecular flexibility index (Phi) is 3.99. The number of nitrogens with one attached hydrogen (secondary N) is 1. The number of nitriles is 1. The lowest BCUT2D eigenvalue weighted by Crippen LogP contribution is -2.08. The molecule has 1 heterocycles. The van der Waals surface area contributed by atoms with E-state index in [1.807, 2.05) is 12.1 Å². The number of anilines is 1. The van der Waals surface area contributed by atoms with Crippen molar-refractivity contribution in [1.29, 1.82) is 5.26 Å². The van der Waals surface area contributed by atoms with E-state index >= 15 is 0 Å². The molecule has 0 aliphatic rings. The summed E-state index contributed by atoms with van der Waals surface area (Å²) in [6.07, 6.45) is 2.35. The number of ketones is 1. The highest BCUT2D eigenvalue weighted by Crippen LogP contribution is 2.18. The minimum absolute atomic E-state index is 0.0232. The van der Waals surface area contributed by atoms with Crippen LogP contribution in [0, 0.1) is 11.3 Å². The fourth-order valence-electron chi connectivity index (χ4n) is 1.84. The lowest BCUT2D eigenvalue weighted by Gasteiger charge is -2.10. The predicted molar refractivity (Wildman–Crippen MR) is 72.1 cm³/mol. The van der Waals surface area contributed by atoms with Crippen LogP contribution in [0.4, 0.5) is 5.69 Å². The average Bonchev–Trinajstić information content (AvgIpc) is 2.91. The van der Waals surface area contributed by atoms with Crippen molar-refractivity contribution >= 4 is 11.5 Å². The number of nitrogens with zero attached hydrogens (tertiary/aromatic N) is 1. The Morgan fingerprint density at radius 2 is 2.26 bits per heavy atom. The van der Waals surface area contributed by atoms with Crippen LogP contribution in [0.3, 0.4) is 0 Å². The number of furan rings is 1. The number of carbonyl (C=O) groups excluding carboxylic acids is 1. The first-order valence-electron chi connectivity index (χ1n) is 6.02. The minimum Gasteiger partial charge on any atom is -0.469 e. The summed E-state index contributed by atoms with van der Waals surface area (Å²) in [4.78, 5) is 11.5. The first-order chi connectivity index (χ1) is 9.20. The molecule has 1 aromatic carbocycles. The van der Waals surface area contributed by atoms with Crippen molar-refractivity contribution in [3.05, 3.63) is 53.5 Å². The smallest absolute Gasteiger partial charge is 0.161 e. The maximum Gasteiger partial charge on any atom is 0.161 e. The molecule has 1 aromatic heterocycles. The summed E-state index contributed by atoms with van der Waals surface area (Å²) in [6.45, 7) is 2.15. The molecule has 0 fully saturated rings. The molecule has 2 aromatic rings. The van der Waals surface area contributed by atoms with Gasteiger partial charge in [0.25, 0.3) is 0 Å². The first kappa shape index (κ1) is 12.9. The van der Waals surface area contributed by atoms with Crippen LogP contribution < -0.4 is 5.32 Å². The zero-order valence-electron chi connectivity index (χ0n) is 10.6. The van der Waals surface area contributed by atoms with Gasteiger partial charge in [0.2, 0.25) is 0 Å². The van der Waals surface area contributed by atoms with Gasteiger partial charge in [-0.25, -0.2) is 0 Å². The van der Waals surface area contributed by atoms with Crippen molar-refractivity contribution in [2.45, 2.75) is 13.3 Å². The van der Waals surface area contributed by atoms with Gasteiger partial charge in [0.05, 0.1) is 17.9 Å². The minimum atomic E-state index is -0.0232. The topological polar surface area (TPSA) is 66.0 Å². The molecule has 0 saturated carbocycles. The summed E-state index contributed by atoms with van der Waals surface area (Å²) in [5, 5.41) is 12.1. The maximum atomic E-state index is 11.5. The van der Waals surface area contributed by atoms with Crippen molar-refractivity contribution in [2.75, 3.05) is 11.9 Å². The lowest BCUT2D eigenvalue weighted by molar-refractivity contribution is 0.101. The third kappa shape index (κ3) is 3.23. The molecule has 0 amide bonds. The van der Waals surface area contributed by atoms with Crippen LogP contribution in [0.25, 0.3) is 0 Å². The van der Waals surface area contributed by atoms with Crippen molar-refractivity contribution < 1.29 is 9.21 Å². The molecule has 2 rings (SSSR count). The Hall–Kier alpha value is -2.54. The summed E-state index contributed by atoms with van der Waals surface area (Å²) in [7, 11) is 0. The van der Waals surface area contributed by atoms with Crippen LogP contribution in [0.5, 0.6) is 0 Å². The van der Waals surface area contributed by atoms with Gasteiger partial charge in [-0.05, 0) is 37.3 Å². The number of rotatable bonds is 5. The van der Waals surface area contributed by atoms with Crippen molar-refractivity contribution in [3.63, 3.8) is 0 Å². The molecule has 1 N–H and O–H groups in total. The van der Waals surface area contributed by atoms with E-state index in [0.717, 1.165) is 12.2 Å². The summed E-state index contributed by atoms with van der Waals surface area (Å²) in [5.41, 5.74) is 1.82. The third-order valence-electron chi connectivity index (χ3n) is 2.79.